The summed E-state index contributed by atoms with van der Waals surface area (Å²) in [6.07, 6.45) is 5.72. The molecular formula is C29H31FN4O2. The zero-order chi connectivity index (χ0) is 24.8. The standard InChI is InChI=1S/C29H31FN4O2/c1-19-23-6-2-4-8-25(23)33(18-20-10-12-21(30)13-11-20)27(19)28(35)32-16-14-22(15-17-32)34-26-9-5-3-7-24(26)31-29(34)36/h3,5,7,9-13,22H,2,4,6,8,14-18H2,1H3,(H,31,36). The molecule has 0 atom stereocenters. The van der Waals surface area contributed by atoms with Crippen LogP contribution in [0.2, 0.25) is 0 Å². The van der Waals surface area contributed by atoms with E-state index >= 15 is 0 Å². The summed E-state index contributed by atoms with van der Waals surface area (Å²) in [7, 11) is 0. The zero-order valence-corrected chi connectivity index (χ0v) is 20.6. The Balaban J connectivity index is 1.28. The fourth-order valence-corrected chi connectivity index (χ4v) is 6.21. The number of rotatable bonds is 4. The number of aromatic amines is 1. The molecule has 1 fully saturated rings. The molecule has 7 heteroatoms. The van der Waals surface area contributed by atoms with Gasteiger partial charge in [0.25, 0.3) is 5.91 Å². The number of hydrogen-bond donors (Lipinski definition) is 1. The van der Waals surface area contributed by atoms with Crippen LogP contribution in [-0.2, 0) is 19.4 Å². The lowest BCUT2D eigenvalue weighted by molar-refractivity contribution is 0.0683. The number of nitrogens with one attached hydrogen (secondary N) is 1. The van der Waals surface area contributed by atoms with Gasteiger partial charge in [-0.1, -0.05) is 24.3 Å². The van der Waals surface area contributed by atoms with E-state index in [-0.39, 0.29) is 23.5 Å². The molecule has 6 rings (SSSR count). The van der Waals surface area contributed by atoms with Crippen molar-refractivity contribution in [1.29, 1.82) is 0 Å². The van der Waals surface area contributed by atoms with E-state index in [1.165, 1.54) is 23.4 Å². The molecule has 36 heavy (non-hydrogen) atoms. The summed E-state index contributed by atoms with van der Waals surface area (Å²) in [5.74, 6) is -0.188. The molecule has 2 aliphatic rings. The number of piperidine rings is 1. The number of fused-ring (bicyclic) bond motifs is 2. The lowest BCUT2D eigenvalue weighted by Crippen LogP contribution is -2.41. The Morgan fingerprint density at radius 2 is 1.75 bits per heavy atom. The molecule has 0 unspecified atom stereocenters. The van der Waals surface area contributed by atoms with Crippen LogP contribution in [-0.4, -0.2) is 38.0 Å². The second-order valence-corrected chi connectivity index (χ2v) is 10.2. The van der Waals surface area contributed by atoms with E-state index in [0.29, 0.717) is 19.6 Å². The van der Waals surface area contributed by atoms with Crippen molar-refractivity contribution in [3.63, 3.8) is 0 Å². The van der Waals surface area contributed by atoms with Crippen molar-refractivity contribution in [3.05, 3.63) is 92.9 Å². The quantitative estimate of drug-likeness (QED) is 0.442. The normalized spacial score (nSPS) is 16.4. The summed E-state index contributed by atoms with van der Waals surface area (Å²) in [4.78, 5) is 31.5. The van der Waals surface area contributed by atoms with E-state index in [9.17, 15) is 14.0 Å². The second-order valence-electron chi connectivity index (χ2n) is 10.2. The minimum Gasteiger partial charge on any atom is -0.337 e. The monoisotopic (exact) mass is 486 g/mol. The maximum Gasteiger partial charge on any atom is 0.326 e. The number of hydrogen-bond acceptors (Lipinski definition) is 2. The highest BCUT2D eigenvalue weighted by Crippen LogP contribution is 2.33. The number of nitrogens with zero attached hydrogens (tertiary/aromatic N) is 3. The Bertz CT molecular complexity index is 1490. The van der Waals surface area contributed by atoms with Gasteiger partial charge in [0.15, 0.2) is 0 Å². The minimum atomic E-state index is -0.252. The smallest absolute Gasteiger partial charge is 0.326 e. The van der Waals surface area contributed by atoms with Crippen LogP contribution in [0.15, 0.2) is 53.3 Å². The molecule has 0 saturated carbocycles. The number of para-hydroxylation sites is 2. The summed E-state index contributed by atoms with van der Waals surface area (Å²) in [6.45, 7) is 3.87. The molecule has 1 aliphatic heterocycles. The van der Waals surface area contributed by atoms with Gasteiger partial charge in [-0.2, -0.15) is 0 Å². The predicted octanol–water partition coefficient (Wildman–Crippen LogP) is 4.98. The van der Waals surface area contributed by atoms with Crippen LogP contribution >= 0.6 is 0 Å². The van der Waals surface area contributed by atoms with Crippen molar-refractivity contribution >= 4 is 16.9 Å². The van der Waals surface area contributed by atoms with Crippen LogP contribution in [0.3, 0.4) is 0 Å². The molecule has 2 aromatic carbocycles. The van der Waals surface area contributed by atoms with Crippen LogP contribution in [0.25, 0.3) is 11.0 Å². The summed E-state index contributed by atoms with van der Waals surface area (Å²) in [5.41, 5.74) is 7.10. The van der Waals surface area contributed by atoms with Crippen molar-refractivity contribution in [2.24, 2.45) is 0 Å². The Hall–Kier alpha value is -3.61. The molecule has 2 aromatic heterocycles. The van der Waals surface area contributed by atoms with E-state index in [4.69, 9.17) is 0 Å². The molecule has 1 aliphatic carbocycles. The van der Waals surface area contributed by atoms with Crippen molar-refractivity contribution in [2.75, 3.05) is 13.1 Å². The maximum atomic E-state index is 13.9. The van der Waals surface area contributed by atoms with E-state index in [0.717, 1.165) is 66.4 Å². The van der Waals surface area contributed by atoms with Gasteiger partial charge in [0.1, 0.15) is 11.5 Å². The van der Waals surface area contributed by atoms with E-state index in [1.807, 2.05) is 33.7 Å². The number of amides is 1. The molecular weight excluding hydrogens is 455 g/mol. The molecule has 0 spiro atoms. The van der Waals surface area contributed by atoms with Crippen LogP contribution < -0.4 is 5.69 Å². The third-order valence-corrected chi connectivity index (χ3v) is 8.04. The van der Waals surface area contributed by atoms with Gasteiger partial charge in [-0.15, -0.1) is 0 Å². The van der Waals surface area contributed by atoms with E-state index in [1.54, 1.807) is 12.1 Å². The second kappa shape index (κ2) is 9.12. The molecule has 3 heterocycles. The molecule has 6 nitrogen and oxygen atoms in total. The Kier molecular flexibility index (Phi) is 5.78. The number of aromatic nitrogens is 3. The first-order valence-corrected chi connectivity index (χ1v) is 12.9. The van der Waals surface area contributed by atoms with Crippen LogP contribution in [0, 0.1) is 12.7 Å². The molecule has 1 saturated heterocycles. The first kappa shape index (κ1) is 22.8. The van der Waals surface area contributed by atoms with E-state index in [2.05, 4.69) is 16.5 Å². The number of carbonyl (C=O) groups excluding carboxylic acids is 1. The molecule has 1 N–H and O–H groups in total. The highest BCUT2D eigenvalue weighted by atomic mass is 19.1. The van der Waals surface area contributed by atoms with Gasteiger partial charge in [-0.05, 0) is 86.4 Å². The average molecular weight is 487 g/mol. The van der Waals surface area contributed by atoms with Gasteiger partial charge in [-0.25, -0.2) is 9.18 Å². The van der Waals surface area contributed by atoms with Gasteiger partial charge in [0, 0.05) is 31.4 Å². The molecule has 0 radical (unpaired) electrons. The number of H-pyrrole nitrogens is 1. The number of imidazole rings is 1. The summed E-state index contributed by atoms with van der Waals surface area (Å²) in [6, 6.07) is 14.4. The number of halogens is 1. The van der Waals surface area contributed by atoms with Crippen molar-refractivity contribution < 1.29 is 9.18 Å². The highest BCUT2D eigenvalue weighted by molar-refractivity contribution is 5.95. The highest BCUT2D eigenvalue weighted by Gasteiger charge is 2.32. The average Bonchev–Trinajstić information content (AvgIpc) is 3.38. The SMILES string of the molecule is Cc1c2c(n(Cc3ccc(F)cc3)c1C(=O)N1CCC(n3c(=O)[nH]c4ccccc43)CC1)CCCC2. The lowest BCUT2D eigenvalue weighted by Gasteiger charge is -2.33. The summed E-state index contributed by atoms with van der Waals surface area (Å²) in [5, 5.41) is 0. The fraction of sp³-hybridized carbons (Fsp3) is 0.379. The third kappa shape index (κ3) is 3.87. The van der Waals surface area contributed by atoms with Crippen molar-refractivity contribution in [3.8, 4) is 0 Å². The Morgan fingerprint density at radius 1 is 1.03 bits per heavy atom. The predicted molar refractivity (Wildman–Crippen MR) is 138 cm³/mol. The molecule has 0 bridgehead atoms. The number of likely N-dealkylation sites (tertiary alicyclic amines) is 1. The summed E-state index contributed by atoms with van der Waals surface area (Å²) < 4.78 is 17.6. The van der Waals surface area contributed by atoms with Crippen LogP contribution in [0.4, 0.5) is 4.39 Å². The lowest BCUT2D eigenvalue weighted by atomic mass is 9.95. The first-order valence-electron chi connectivity index (χ1n) is 12.9. The number of carbonyl (C=O) groups is 1. The fourth-order valence-electron chi connectivity index (χ4n) is 6.21. The van der Waals surface area contributed by atoms with Crippen LogP contribution in [0.5, 0.6) is 0 Å². The topological polar surface area (TPSA) is 63.0 Å². The zero-order valence-electron chi connectivity index (χ0n) is 20.6. The minimum absolute atomic E-state index is 0.0636. The Morgan fingerprint density at radius 3 is 2.53 bits per heavy atom. The summed E-state index contributed by atoms with van der Waals surface area (Å²) >= 11 is 0. The van der Waals surface area contributed by atoms with Gasteiger partial charge in [0.05, 0.1) is 11.0 Å². The third-order valence-electron chi connectivity index (χ3n) is 8.04. The first-order chi connectivity index (χ1) is 17.5. The van der Waals surface area contributed by atoms with E-state index < -0.39 is 0 Å². The van der Waals surface area contributed by atoms with Gasteiger partial charge in [0.2, 0.25) is 0 Å². The van der Waals surface area contributed by atoms with Crippen molar-refractivity contribution in [2.45, 2.75) is 58.0 Å². The van der Waals surface area contributed by atoms with Gasteiger partial charge < -0.3 is 14.5 Å². The van der Waals surface area contributed by atoms with Crippen molar-refractivity contribution in [1.82, 2.24) is 19.0 Å². The van der Waals surface area contributed by atoms with Crippen LogP contribution in [0.1, 0.15) is 64.6 Å². The number of benzene rings is 2. The maximum absolute atomic E-state index is 13.9. The molecule has 1 amide bonds. The molecule has 4 aromatic rings. The largest absolute Gasteiger partial charge is 0.337 e. The molecule has 186 valence electrons. The Labute approximate surface area is 209 Å². The van der Waals surface area contributed by atoms with Gasteiger partial charge >= 0.3 is 5.69 Å². The van der Waals surface area contributed by atoms with Gasteiger partial charge in [-0.3, -0.25) is 9.36 Å².